The summed E-state index contributed by atoms with van der Waals surface area (Å²) in [6, 6.07) is 8.79. The second kappa shape index (κ2) is 3.63. The Kier molecular flexibility index (Phi) is 2.14. The fourth-order valence-electron chi connectivity index (χ4n) is 2.30. The molecule has 0 spiro atoms. The van der Waals surface area contributed by atoms with Gasteiger partial charge in [0, 0.05) is 24.3 Å². The van der Waals surface area contributed by atoms with E-state index in [-0.39, 0.29) is 0 Å². The minimum Gasteiger partial charge on any atom is -0.316 e. The van der Waals surface area contributed by atoms with Crippen molar-refractivity contribution in [1.29, 1.82) is 0 Å². The molecule has 0 aliphatic carbocycles. The molecule has 0 radical (unpaired) electrons. The first-order valence-electron chi connectivity index (χ1n) is 5.48. The van der Waals surface area contributed by atoms with E-state index in [9.17, 15) is 0 Å². The fourth-order valence-corrected chi connectivity index (χ4v) is 2.30. The minimum absolute atomic E-state index is 0.689. The Morgan fingerprint density at radius 1 is 1.20 bits per heavy atom. The zero-order valence-electron chi connectivity index (χ0n) is 8.61. The van der Waals surface area contributed by atoms with Crippen molar-refractivity contribution in [3.63, 3.8) is 0 Å². The average Bonchev–Trinajstić information content (AvgIpc) is 2.82. The molecule has 1 aromatic heterocycles. The van der Waals surface area contributed by atoms with Gasteiger partial charge in [0.1, 0.15) is 0 Å². The molecule has 2 aromatic rings. The highest BCUT2D eigenvalue weighted by Crippen LogP contribution is 2.25. The molecular weight excluding hydrogens is 184 g/mol. The molecule has 0 saturated carbocycles. The van der Waals surface area contributed by atoms with Gasteiger partial charge in [-0.1, -0.05) is 12.1 Å². The summed E-state index contributed by atoms with van der Waals surface area (Å²) in [5.74, 6) is 0.689. The summed E-state index contributed by atoms with van der Waals surface area (Å²) in [6.07, 6.45) is 5.05. The van der Waals surface area contributed by atoms with Gasteiger partial charge >= 0.3 is 0 Å². The van der Waals surface area contributed by atoms with E-state index < -0.39 is 0 Å². The van der Waals surface area contributed by atoms with Crippen LogP contribution in [0.5, 0.6) is 0 Å². The van der Waals surface area contributed by atoms with E-state index in [4.69, 9.17) is 0 Å². The van der Waals surface area contributed by atoms with E-state index in [0.29, 0.717) is 5.92 Å². The van der Waals surface area contributed by atoms with Crippen molar-refractivity contribution in [3.8, 4) is 0 Å². The third-order valence-electron chi connectivity index (χ3n) is 3.20. The molecule has 1 N–H and O–H groups in total. The molecule has 1 aliphatic rings. The van der Waals surface area contributed by atoms with Crippen molar-refractivity contribution < 1.29 is 0 Å². The summed E-state index contributed by atoms with van der Waals surface area (Å²) in [5, 5.41) is 5.93. The zero-order chi connectivity index (χ0) is 10.1. The van der Waals surface area contributed by atoms with Crippen molar-refractivity contribution in [1.82, 2.24) is 10.3 Å². The van der Waals surface area contributed by atoms with E-state index in [0.717, 1.165) is 13.1 Å². The predicted molar refractivity (Wildman–Crippen MR) is 62.0 cm³/mol. The first-order chi connectivity index (χ1) is 7.43. The van der Waals surface area contributed by atoms with Gasteiger partial charge in [-0.15, -0.1) is 0 Å². The average molecular weight is 198 g/mol. The van der Waals surface area contributed by atoms with E-state index in [1.807, 2.05) is 12.4 Å². The SMILES string of the molecule is c1cc2ccc(C3CCNC3)cc2cn1. The molecule has 3 rings (SSSR count). The predicted octanol–water partition coefficient (Wildman–Crippen LogP) is 2.31. The van der Waals surface area contributed by atoms with Gasteiger partial charge in [-0.05, 0) is 42.0 Å². The molecule has 1 atom stereocenters. The molecule has 1 fully saturated rings. The van der Waals surface area contributed by atoms with Crippen molar-refractivity contribution >= 4 is 10.8 Å². The zero-order valence-corrected chi connectivity index (χ0v) is 8.61. The molecule has 0 amide bonds. The van der Waals surface area contributed by atoms with Gasteiger partial charge in [0.05, 0.1) is 0 Å². The monoisotopic (exact) mass is 198 g/mol. The van der Waals surface area contributed by atoms with Crippen LogP contribution in [0, 0.1) is 0 Å². The number of fused-ring (bicyclic) bond motifs is 1. The van der Waals surface area contributed by atoms with Gasteiger partial charge in [-0.25, -0.2) is 0 Å². The Labute approximate surface area is 89.3 Å². The highest BCUT2D eigenvalue weighted by molar-refractivity contribution is 5.82. The normalized spacial score (nSPS) is 20.9. The highest BCUT2D eigenvalue weighted by atomic mass is 14.9. The lowest BCUT2D eigenvalue weighted by Crippen LogP contribution is -2.07. The lowest BCUT2D eigenvalue weighted by molar-refractivity contribution is 0.764. The molecule has 2 heterocycles. The Hall–Kier alpha value is -1.41. The van der Waals surface area contributed by atoms with Crippen LogP contribution >= 0.6 is 0 Å². The number of hydrogen-bond donors (Lipinski definition) is 1. The largest absolute Gasteiger partial charge is 0.316 e. The van der Waals surface area contributed by atoms with Crippen molar-refractivity contribution in [3.05, 3.63) is 42.2 Å². The van der Waals surface area contributed by atoms with Crippen LogP contribution in [0.2, 0.25) is 0 Å². The van der Waals surface area contributed by atoms with Crippen molar-refractivity contribution in [2.24, 2.45) is 0 Å². The Balaban J connectivity index is 2.05. The summed E-state index contributed by atoms with van der Waals surface area (Å²) >= 11 is 0. The molecule has 15 heavy (non-hydrogen) atoms. The van der Waals surface area contributed by atoms with Crippen LogP contribution in [0.25, 0.3) is 10.8 Å². The molecular formula is C13H14N2. The van der Waals surface area contributed by atoms with Gasteiger partial charge in [0.2, 0.25) is 0 Å². The second-order valence-electron chi connectivity index (χ2n) is 4.17. The van der Waals surface area contributed by atoms with Crippen LogP contribution in [-0.4, -0.2) is 18.1 Å². The van der Waals surface area contributed by atoms with Gasteiger partial charge in [-0.3, -0.25) is 4.98 Å². The number of hydrogen-bond acceptors (Lipinski definition) is 2. The maximum Gasteiger partial charge on any atom is 0.0346 e. The van der Waals surface area contributed by atoms with Crippen LogP contribution in [0.1, 0.15) is 17.9 Å². The number of nitrogens with one attached hydrogen (secondary N) is 1. The van der Waals surface area contributed by atoms with E-state index in [2.05, 4.69) is 34.6 Å². The van der Waals surface area contributed by atoms with E-state index in [1.54, 1.807) is 0 Å². The molecule has 2 heteroatoms. The standard InChI is InChI=1S/C13H14N2/c1-2-11(12-4-6-14-8-12)7-13-9-15-5-3-10(1)13/h1-3,5,7,9,12,14H,4,6,8H2. The molecule has 1 unspecified atom stereocenters. The number of benzene rings is 1. The van der Waals surface area contributed by atoms with Gasteiger partial charge in [0.25, 0.3) is 0 Å². The molecule has 2 nitrogen and oxygen atoms in total. The van der Waals surface area contributed by atoms with Crippen LogP contribution in [0.3, 0.4) is 0 Å². The molecule has 1 aromatic carbocycles. The molecule has 1 aliphatic heterocycles. The third kappa shape index (κ3) is 1.61. The van der Waals surface area contributed by atoms with Crippen molar-refractivity contribution in [2.45, 2.75) is 12.3 Å². The van der Waals surface area contributed by atoms with Crippen LogP contribution in [-0.2, 0) is 0 Å². The van der Waals surface area contributed by atoms with E-state index >= 15 is 0 Å². The van der Waals surface area contributed by atoms with Gasteiger partial charge in [0.15, 0.2) is 0 Å². The fraction of sp³-hybridized carbons (Fsp3) is 0.308. The summed E-state index contributed by atoms with van der Waals surface area (Å²) in [6.45, 7) is 2.27. The van der Waals surface area contributed by atoms with E-state index in [1.165, 1.54) is 22.8 Å². The smallest absolute Gasteiger partial charge is 0.0346 e. The lowest BCUT2D eigenvalue weighted by Gasteiger charge is -2.09. The second-order valence-corrected chi connectivity index (χ2v) is 4.17. The molecule has 0 bridgehead atoms. The number of aromatic nitrogens is 1. The number of nitrogens with zero attached hydrogens (tertiary/aromatic N) is 1. The van der Waals surface area contributed by atoms with Crippen LogP contribution in [0.4, 0.5) is 0 Å². The molecule has 76 valence electrons. The van der Waals surface area contributed by atoms with Crippen LogP contribution < -0.4 is 5.32 Å². The van der Waals surface area contributed by atoms with Gasteiger partial charge < -0.3 is 5.32 Å². The maximum atomic E-state index is 4.16. The highest BCUT2D eigenvalue weighted by Gasteiger charge is 2.16. The van der Waals surface area contributed by atoms with Crippen LogP contribution in [0.15, 0.2) is 36.7 Å². The van der Waals surface area contributed by atoms with Crippen molar-refractivity contribution in [2.75, 3.05) is 13.1 Å². The Morgan fingerprint density at radius 3 is 3.07 bits per heavy atom. The van der Waals surface area contributed by atoms with Gasteiger partial charge in [-0.2, -0.15) is 0 Å². The molecule has 1 saturated heterocycles. The third-order valence-corrected chi connectivity index (χ3v) is 3.20. The minimum atomic E-state index is 0.689. The summed E-state index contributed by atoms with van der Waals surface area (Å²) in [7, 11) is 0. The summed E-state index contributed by atoms with van der Waals surface area (Å²) < 4.78 is 0. The Bertz CT molecular complexity index is 473. The first-order valence-corrected chi connectivity index (χ1v) is 5.48. The summed E-state index contributed by atoms with van der Waals surface area (Å²) in [4.78, 5) is 4.16. The Morgan fingerprint density at radius 2 is 2.20 bits per heavy atom. The maximum absolute atomic E-state index is 4.16. The quantitative estimate of drug-likeness (QED) is 0.760. The summed E-state index contributed by atoms with van der Waals surface area (Å²) in [5.41, 5.74) is 1.44. The number of pyridine rings is 1. The topological polar surface area (TPSA) is 24.9 Å². The lowest BCUT2D eigenvalue weighted by atomic mass is 9.96. The first kappa shape index (κ1) is 8.86. The number of rotatable bonds is 1.